The number of ether oxygens (including phenoxy) is 2. The lowest BCUT2D eigenvalue weighted by molar-refractivity contribution is 0.101. The summed E-state index contributed by atoms with van der Waals surface area (Å²) in [6, 6.07) is 5.19. The highest BCUT2D eigenvalue weighted by atomic mass is 32.1. The molecule has 6 heteroatoms. The van der Waals surface area contributed by atoms with Crippen LogP contribution in [0.3, 0.4) is 0 Å². The number of hydrogen-bond acceptors (Lipinski definition) is 6. The minimum absolute atomic E-state index is 0.0136. The number of hydrogen-bond donors (Lipinski definition) is 0. The standard InChI is InChI=1S/C20H20N2O3S/c1-11-4-6-14-17(8-11)26-20-18(14)19(21-10-22-20)25-15-7-5-13(12(2)23)9-16(15)24-3/h5,7,9-11H,4,6,8H2,1-3H3/t11-/m1/s1. The fourth-order valence-corrected chi connectivity index (χ4v) is 4.74. The Balaban J connectivity index is 1.77. The van der Waals surface area contributed by atoms with Crippen LogP contribution in [0, 0.1) is 5.92 Å². The van der Waals surface area contributed by atoms with Gasteiger partial charge in [-0.15, -0.1) is 11.3 Å². The molecule has 3 aromatic rings. The van der Waals surface area contributed by atoms with Crippen LogP contribution in [0.4, 0.5) is 0 Å². The molecule has 26 heavy (non-hydrogen) atoms. The fraction of sp³-hybridized carbons (Fsp3) is 0.350. The quantitative estimate of drug-likeness (QED) is 0.618. The van der Waals surface area contributed by atoms with E-state index in [1.54, 1.807) is 43.0 Å². The van der Waals surface area contributed by atoms with Crippen molar-refractivity contribution < 1.29 is 14.3 Å². The number of aromatic nitrogens is 2. The molecule has 0 fully saturated rings. The van der Waals surface area contributed by atoms with Gasteiger partial charge < -0.3 is 9.47 Å². The number of aryl methyl sites for hydroxylation is 1. The molecule has 0 spiro atoms. The Kier molecular flexibility index (Phi) is 4.36. The molecule has 134 valence electrons. The first-order valence-electron chi connectivity index (χ1n) is 8.69. The van der Waals surface area contributed by atoms with E-state index in [0.717, 1.165) is 23.1 Å². The first-order valence-corrected chi connectivity index (χ1v) is 9.50. The minimum Gasteiger partial charge on any atom is -0.493 e. The van der Waals surface area contributed by atoms with Gasteiger partial charge in [-0.1, -0.05) is 6.92 Å². The molecule has 0 saturated heterocycles. The Labute approximate surface area is 156 Å². The SMILES string of the molecule is COc1cc(C(C)=O)ccc1Oc1ncnc2sc3c(c12)CC[C@@H](C)C3. The third kappa shape index (κ3) is 2.94. The van der Waals surface area contributed by atoms with Gasteiger partial charge in [-0.25, -0.2) is 9.97 Å². The molecular weight excluding hydrogens is 348 g/mol. The number of nitrogens with zero attached hydrogens (tertiary/aromatic N) is 2. The van der Waals surface area contributed by atoms with E-state index >= 15 is 0 Å². The van der Waals surface area contributed by atoms with Gasteiger partial charge in [0, 0.05) is 10.4 Å². The van der Waals surface area contributed by atoms with Crippen molar-refractivity contribution in [2.45, 2.75) is 33.1 Å². The molecule has 0 radical (unpaired) electrons. The zero-order chi connectivity index (χ0) is 18.3. The van der Waals surface area contributed by atoms with Crippen LogP contribution in [0.25, 0.3) is 10.2 Å². The molecule has 0 amide bonds. The summed E-state index contributed by atoms with van der Waals surface area (Å²) in [5.74, 6) is 2.30. The predicted molar refractivity (Wildman–Crippen MR) is 102 cm³/mol. The highest BCUT2D eigenvalue weighted by Crippen LogP contribution is 2.42. The van der Waals surface area contributed by atoms with Gasteiger partial charge in [0.05, 0.1) is 12.5 Å². The second kappa shape index (κ2) is 6.68. The van der Waals surface area contributed by atoms with Crippen molar-refractivity contribution >= 4 is 27.3 Å². The van der Waals surface area contributed by atoms with E-state index in [1.165, 1.54) is 23.8 Å². The molecular formula is C20H20N2O3S. The van der Waals surface area contributed by atoms with E-state index < -0.39 is 0 Å². The van der Waals surface area contributed by atoms with Gasteiger partial charge in [-0.05, 0) is 55.9 Å². The number of fused-ring (bicyclic) bond motifs is 3. The smallest absolute Gasteiger partial charge is 0.231 e. The third-order valence-corrected chi connectivity index (χ3v) is 6.00. The van der Waals surface area contributed by atoms with Gasteiger partial charge >= 0.3 is 0 Å². The Bertz CT molecular complexity index is 996. The number of methoxy groups -OCH3 is 1. The van der Waals surface area contributed by atoms with Gasteiger partial charge in [0.1, 0.15) is 11.2 Å². The van der Waals surface area contributed by atoms with E-state index in [-0.39, 0.29) is 5.78 Å². The van der Waals surface area contributed by atoms with Crippen LogP contribution in [0.1, 0.15) is 41.1 Å². The van der Waals surface area contributed by atoms with Crippen molar-refractivity contribution in [3.63, 3.8) is 0 Å². The van der Waals surface area contributed by atoms with E-state index in [0.29, 0.717) is 28.9 Å². The van der Waals surface area contributed by atoms with E-state index in [4.69, 9.17) is 9.47 Å². The maximum Gasteiger partial charge on any atom is 0.231 e. The normalized spacial score (nSPS) is 16.3. The van der Waals surface area contributed by atoms with Crippen LogP contribution < -0.4 is 9.47 Å². The maximum atomic E-state index is 11.6. The van der Waals surface area contributed by atoms with Crippen LogP contribution in [-0.2, 0) is 12.8 Å². The third-order valence-electron chi connectivity index (χ3n) is 4.83. The van der Waals surface area contributed by atoms with Gasteiger partial charge in [-0.2, -0.15) is 0 Å². The van der Waals surface area contributed by atoms with Gasteiger partial charge in [0.15, 0.2) is 17.3 Å². The lowest BCUT2D eigenvalue weighted by atomic mass is 9.89. The molecule has 4 rings (SSSR count). The molecule has 2 aromatic heterocycles. The molecule has 1 atom stereocenters. The van der Waals surface area contributed by atoms with Crippen LogP contribution in [-0.4, -0.2) is 22.9 Å². The largest absolute Gasteiger partial charge is 0.493 e. The summed E-state index contributed by atoms with van der Waals surface area (Å²) in [7, 11) is 1.57. The molecule has 0 unspecified atom stereocenters. The monoisotopic (exact) mass is 368 g/mol. The zero-order valence-corrected chi connectivity index (χ0v) is 15.9. The topological polar surface area (TPSA) is 61.3 Å². The number of carbonyl (C=O) groups excluding carboxylic acids is 1. The molecule has 0 aliphatic heterocycles. The molecule has 0 N–H and O–H groups in total. The van der Waals surface area contributed by atoms with Gasteiger partial charge in [0.25, 0.3) is 0 Å². The number of rotatable bonds is 4. The average molecular weight is 368 g/mol. The Morgan fingerprint density at radius 2 is 2.12 bits per heavy atom. The van der Waals surface area contributed by atoms with E-state index in [9.17, 15) is 4.79 Å². The fourth-order valence-electron chi connectivity index (χ4n) is 3.40. The first-order chi connectivity index (χ1) is 12.6. The Hall–Kier alpha value is -2.47. The lowest BCUT2D eigenvalue weighted by Gasteiger charge is -2.18. The van der Waals surface area contributed by atoms with Crippen molar-refractivity contribution in [1.29, 1.82) is 0 Å². The van der Waals surface area contributed by atoms with Crippen molar-refractivity contribution in [1.82, 2.24) is 9.97 Å². The molecule has 1 aliphatic carbocycles. The second-order valence-electron chi connectivity index (χ2n) is 6.73. The summed E-state index contributed by atoms with van der Waals surface area (Å²) in [4.78, 5) is 22.8. The second-order valence-corrected chi connectivity index (χ2v) is 7.82. The molecule has 1 aliphatic rings. The molecule has 1 aromatic carbocycles. The Morgan fingerprint density at radius 3 is 2.88 bits per heavy atom. The first kappa shape index (κ1) is 17.0. The summed E-state index contributed by atoms with van der Waals surface area (Å²) < 4.78 is 11.5. The summed E-state index contributed by atoms with van der Waals surface area (Å²) in [6.45, 7) is 3.82. The summed E-state index contributed by atoms with van der Waals surface area (Å²) in [5, 5.41) is 1.01. The summed E-state index contributed by atoms with van der Waals surface area (Å²) in [6.07, 6.45) is 4.83. The van der Waals surface area contributed by atoms with Gasteiger partial charge in [0.2, 0.25) is 5.88 Å². The average Bonchev–Trinajstić information content (AvgIpc) is 3.00. The summed E-state index contributed by atoms with van der Waals surface area (Å²) >= 11 is 1.74. The van der Waals surface area contributed by atoms with E-state index in [1.807, 2.05) is 0 Å². The van der Waals surface area contributed by atoms with Gasteiger partial charge in [-0.3, -0.25) is 4.79 Å². The number of benzene rings is 1. The highest BCUT2D eigenvalue weighted by Gasteiger charge is 2.24. The van der Waals surface area contributed by atoms with Crippen molar-refractivity contribution in [2.75, 3.05) is 7.11 Å². The number of Topliss-reactive ketones (excluding diaryl/α,β-unsaturated/α-hetero) is 1. The summed E-state index contributed by atoms with van der Waals surface area (Å²) in [5.41, 5.74) is 1.90. The van der Waals surface area contributed by atoms with Crippen LogP contribution in [0.2, 0.25) is 0 Å². The van der Waals surface area contributed by atoms with Crippen LogP contribution in [0.15, 0.2) is 24.5 Å². The minimum atomic E-state index is -0.0136. The van der Waals surface area contributed by atoms with E-state index in [2.05, 4.69) is 16.9 Å². The zero-order valence-electron chi connectivity index (χ0n) is 15.0. The molecule has 0 bridgehead atoms. The van der Waals surface area contributed by atoms with Crippen LogP contribution >= 0.6 is 11.3 Å². The lowest BCUT2D eigenvalue weighted by Crippen LogP contribution is -2.08. The maximum absolute atomic E-state index is 11.6. The molecule has 0 saturated carbocycles. The predicted octanol–water partition coefficient (Wildman–Crippen LogP) is 4.82. The number of carbonyl (C=O) groups is 1. The highest BCUT2D eigenvalue weighted by molar-refractivity contribution is 7.18. The van der Waals surface area contributed by atoms with Crippen molar-refractivity contribution in [3.05, 3.63) is 40.5 Å². The Morgan fingerprint density at radius 1 is 1.27 bits per heavy atom. The van der Waals surface area contributed by atoms with Crippen molar-refractivity contribution in [3.8, 4) is 17.4 Å². The van der Waals surface area contributed by atoms with Crippen LogP contribution in [0.5, 0.6) is 17.4 Å². The molecule has 5 nitrogen and oxygen atoms in total. The molecule has 2 heterocycles. The van der Waals surface area contributed by atoms with Crippen molar-refractivity contribution in [2.24, 2.45) is 5.92 Å². The number of thiophene rings is 1. The number of ketones is 1.